The molecule has 21 rings (SSSR count). The number of fused-ring (bicyclic) bond motifs is 10. The zero-order valence-corrected chi connectivity index (χ0v) is 67.0. The number of hydrogen-bond acceptors (Lipinski definition) is 2. The Bertz CT molecular complexity index is 6350. The highest BCUT2D eigenvalue weighted by Gasteiger charge is 2.47. The Hall–Kier alpha value is -13.8. The number of rotatable bonds is 13. The summed E-state index contributed by atoms with van der Waals surface area (Å²) in [5, 5.41) is 10.2. The monoisotopic (exact) mass is 1500 g/mol. The normalized spacial score (nSPS) is 12.7. The summed E-state index contributed by atoms with van der Waals surface area (Å²) in [5.41, 5.74) is 30.5. The molecule has 552 valence electrons. The molecule has 6 heteroatoms. The standard InChI is InChI=1S/C110H85BN4Si/c1-109(2,3)80-68-92(75-36-14-7-15-37-75)107(93(69-80)76-38-16-8-17-39-76)114-102-72-82(112-98-54-32-28-50-88(98)89-51-29-33-55-99(89)112)60-64-96(102)111-97-65-61-83(113-100-56-34-30-52-90(100)91-53-31-35-57-101(91)113)73-103(97)115(108-94(77-40-18-9-19-41-77)70-81(110(4,5)6)71-95(108)78-42-20-10-21-43-78)105-67-79(66-104(114)106(105)111)74-58-62-87(63-59-74)116(84-44-22-11-23-45-84,85-46-24-12-25-47-85)86-48-26-13-27-49-86/h7-73H,1-6H3. The third kappa shape index (κ3) is 11.4. The quantitative estimate of drug-likeness (QED) is 0.0845. The van der Waals surface area contributed by atoms with Crippen LogP contribution in [0.4, 0.5) is 34.1 Å². The first kappa shape index (κ1) is 70.1. The number of anilines is 6. The fourth-order valence-corrected chi connectivity index (χ4v) is 24.0. The van der Waals surface area contributed by atoms with Crippen molar-refractivity contribution in [2.45, 2.75) is 52.4 Å². The van der Waals surface area contributed by atoms with Gasteiger partial charge in [0, 0.05) is 77.9 Å². The predicted molar refractivity (Wildman–Crippen MR) is 497 cm³/mol. The number of hydrogen-bond donors (Lipinski definition) is 0. The zero-order valence-electron chi connectivity index (χ0n) is 66.0. The van der Waals surface area contributed by atoms with Crippen molar-refractivity contribution in [3.8, 4) is 67.0 Å². The van der Waals surface area contributed by atoms with E-state index in [1.165, 1.54) is 69.8 Å². The van der Waals surface area contributed by atoms with Crippen molar-refractivity contribution < 1.29 is 0 Å². The van der Waals surface area contributed by atoms with Crippen LogP contribution in [0.25, 0.3) is 111 Å². The molecule has 2 aliphatic rings. The van der Waals surface area contributed by atoms with Gasteiger partial charge in [0.05, 0.1) is 33.4 Å². The van der Waals surface area contributed by atoms with E-state index in [9.17, 15) is 0 Å². The van der Waals surface area contributed by atoms with Crippen molar-refractivity contribution in [2.24, 2.45) is 0 Å². The number of para-hydroxylation sites is 4. The summed E-state index contributed by atoms with van der Waals surface area (Å²) in [5.74, 6) is 0. The fourth-order valence-electron chi connectivity index (χ4n) is 19.2. The first-order valence-corrected chi connectivity index (χ1v) is 42.7. The minimum atomic E-state index is -2.99. The highest BCUT2D eigenvalue weighted by Crippen LogP contribution is 2.56. The van der Waals surface area contributed by atoms with Gasteiger partial charge in [0.15, 0.2) is 8.07 Å². The minimum absolute atomic E-state index is 0.231. The lowest BCUT2D eigenvalue weighted by Crippen LogP contribution is -2.74. The molecule has 0 N–H and O–H groups in total. The largest absolute Gasteiger partial charge is 0.310 e. The maximum Gasteiger partial charge on any atom is 0.252 e. The molecule has 0 atom stereocenters. The first-order chi connectivity index (χ1) is 56.8. The summed E-state index contributed by atoms with van der Waals surface area (Å²) >= 11 is 0. The van der Waals surface area contributed by atoms with Crippen molar-refractivity contribution in [3.05, 3.63) is 418 Å². The summed E-state index contributed by atoms with van der Waals surface area (Å²) < 4.78 is 5.02. The van der Waals surface area contributed by atoms with E-state index in [1.54, 1.807) is 0 Å². The minimum Gasteiger partial charge on any atom is -0.310 e. The van der Waals surface area contributed by atoms with Crippen LogP contribution in [0, 0.1) is 0 Å². The predicted octanol–water partition coefficient (Wildman–Crippen LogP) is 24.3. The topological polar surface area (TPSA) is 16.3 Å². The van der Waals surface area contributed by atoms with Gasteiger partial charge < -0.3 is 18.9 Å². The molecule has 0 radical (unpaired) electrons. The van der Waals surface area contributed by atoms with E-state index in [4.69, 9.17) is 0 Å². The van der Waals surface area contributed by atoms with Gasteiger partial charge in [-0.2, -0.15) is 0 Å². The van der Waals surface area contributed by atoms with Crippen LogP contribution in [-0.4, -0.2) is 23.9 Å². The van der Waals surface area contributed by atoms with E-state index in [1.807, 2.05) is 0 Å². The van der Waals surface area contributed by atoms with Crippen LogP contribution in [0.3, 0.4) is 0 Å². The second-order valence-corrected chi connectivity index (χ2v) is 37.3. The van der Waals surface area contributed by atoms with E-state index in [0.717, 1.165) is 123 Å². The van der Waals surface area contributed by atoms with Crippen LogP contribution in [0.2, 0.25) is 0 Å². The van der Waals surface area contributed by atoms with Crippen LogP contribution in [0.1, 0.15) is 52.7 Å². The maximum atomic E-state index is 2.74. The molecule has 0 bridgehead atoms. The molecule has 2 aliphatic heterocycles. The third-order valence-corrected chi connectivity index (χ3v) is 29.5. The Kier molecular flexibility index (Phi) is 16.8. The lowest BCUT2D eigenvalue weighted by atomic mass is 9.33. The van der Waals surface area contributed by atoms with Gasteiger partial charge in [0.2, 0.25) is 0 Å². The third-order valence-electron chi connectivity index (χ3n) is 24.7. The Labute approximate surface area is 680 Å². The fraction of sp³-hybridized carbons (Fsp3) is 0.0727. The summed E-state index contributed by atoms with van der Waals surface area (Å²) in [4.78, 5) is 5.48. The van der Waals surface area contributed by atoms with Crippen molar-refractivity contribution in [1.82, 2.24) is 9.13 Å². The highest BCUT2D eigenvalue weighted by atomic mass is 28.3. The Morgan fingerprint density at radius 1 is 0.233 bits per heavy atom. The van der Waals surface area contributed by atoms with Gasteiger partial charge in [0.1, 0.15) is 0 Å². The molecule has 17 aromatic carbocycles. The Morgan fingerprint density at radius 3 is 0.810 bits per heavy atom. The van der Waals surface area contributed by atoms with Gasteiger partial charge in [-0.25, -0.2) is 0 Å². The second kappa shape index (κ2) is 27.8. The molecule has 0 aliphatic carbocycles. The van der Waals surface area contributed by atoms with Crippen molar-refractivity contribution in [3.63, 3.8) is 0 Å². The van der Waals surface area contributed by atoms with E-state index in [-0.39, 0.29) is 17.5 Å². The average molecular weight is 1500 g/mol. The number of nitrogens with zero attached hydrogens (tertiary/aromatic N) is 4. The SMILES string of the molecule is CC(C)(C)c1cc(-c2ccccc2)c(N2c3cc(-n4c5ccccc5c5ccccc54)ccc3B3c4ccc(-n5c6ccccc6c6ccccc65)cc4N(c4c(-c5ccccc5)cc(C(C)(C)C)cc4-c4ccccc4)c4cc(-c5ccc([Si](c6ccccc6)(c6ccccc6)c6ccccc6)cc5)cc2c43)c(-c2ccccc2)c1. The molecular weight excluding hydrogens is 1420 g/mol. The lowest BCUT2D eigenvalue weighted by Gasteiger charge is -2.46. The maximum absolute atomic E-state index is 2.99. The molecule has 0 fully saturated rings. The average Bonchev–Trinajstić information content (AvgIpc) is 0.966. The van der Waals surface area contributed by atoms with Gasteiger partial charge >= 0.3 is 0 Å². The Morgan fingerprint density at radius 2 is 0.509 bits per heavy atom. The number of aromatic nitrogens is 2. The van der Waals surface area contributed by atoms with Gasteiger partial charge in [-0.05, 0) is 177 Å². The van der Waals surface area contributed by atoms with E-state index in [0.29, 0.717) is 0 Å². The van der Waals surface area contributed by atoms with E-state index in [2.05, 4.69) is 467 Å². The van der Waals surface area contributed by atoms with E-state index >= 15 is 0 Å². The Balaban J connectivity index is 0.950. The van der Waals surface area contributed by atoms with Crippen LogP contribution < -0.4 is 46.9 Å². The molecule has 0 amide bonds. The molecule has 4 heterocycles. The van der Waals surface area contributed by atoms with E-state index < -0.39 is 8.07 Å². The molecule has 116 heavy (non-hydrogen) atoms. The highest BCUT2D eigenvalue weighted by molar-refractivity contribution is 7.20. The summed E-state index contributed by atoms with van der Waals surface area (Å²) in [6, 6.07) is 155. The van der Waals surface area contributed by atoms with Crippen molar-refractivity contribution >= 4 is 130 Å². The zero-order chi connectivity index (χ0) is 78.0. The first-order valence-electron chi connectivity index (χ1n) is 40.7. The smallest absolute Gasteiger partial charge is 0.252 e. The molecular formula is C110H85BN4Si. The van der Waals surface area contributed by atoms with Crippen molar-refractivity contribution in [2.75, 3.05) is 9.80 Å². The number of benzene rings is 17. The second-order valence-electron chi connectivity index (χ2n) is 33.5. The molecule has 2 aromatic heterocycles. The summed E-state index contributed by atoms with van der Waals surface area (Å²) in [7, 11) is -2.99. The van der Waals surface area contributed by atoms with Crippen LogP contribution >= 0.6 is 0 Å². The van der Waals surface area contributed by atoms with Gasteiger partial charge in [-0.3, -0.25) is 0 Å². The van der Waals surface area contributed by atoms with Crippen LogP contribution in [-0.2, 0) is 10.8 Å². The molecule has 0 unspecified atom stereocenters. The van der Waals surface area contributed by atoms with Gasteiger partial charge in [-0.15, -0.1) is 0 Å². The van der Waals surface area contributed by atoms with Gasteiger partial charge in [0.25, 0.3) is 6.71 Å². The van der Waals surface area contributed by atoms with Crippen molar-refractivity contribution in [1.29, 1.82) is 0 Å². The van der Waals surface area contributed by atoms with Gasteiger partial charge in [-0.1, -0.05) is 363 Å². The van der Waals surface area contributed by atoms with Crippen LogP contribution in [0.5, 0.6) is 0 Å². The van der Waals surface area contributed by atoms with Crippen LogP contribution in [0.15, 0.2) is 406 Å². The molecule has 19 aromatic rings. The molecule has 0 saturated heterocycles. The molecule has 4 nitrogen and oxygen atoms in total. The lowest BCUT2D eigenvalue weighted by molar-refractivity contribution is 0.590. The summed E-state index contributed by atoms with van der Waals surface area (Å²) in [6.45, 7) is 13.9. The molecule has 0 saturated carbocycles. The molecule has 0 spiro atoms. The summed E-state index contributed by atoms with van der Waals surface area (Å²) in [6.07, 6.45) is 0.